The molecular formula is C33H34F4N4O. The summed E-state index contributed by atoms with van der Waals surface area (Å²) >= 11 is 0. The van der Waals surface area contributed by atoms with Gasteiger partial charge in [-0.05, 0) is 121 Å². The molecule has 0 spiro atoms. The van der Waals surface area contributed by atoms with Gasteiger partial charge in [0.15, 0.2) is 0 Å². The number of halogens is 4. The Balaban J connectivity index is 0.000000171. The van der Waals surface area contributed by atoms with Gasteiger partial charge in [-0.2, -0.15) is 0 Å². The van der Waals surface area contributed by atoms with Crippen LogP contribution in [0.25, 0.3) is 0 Å². The number of hydrogen-bond donors (Lipinski definition) is 4. The van der Waals surface area contributed by atoms with Gasteiger partial charge in [-0.1, -0.05) is 18.2 Å². The molecule has 0 aromatic heterocycles. The lowest BCUT2D eigenvalue weighted by atomic mass is 9.88. The van der Waals surface area contributed by atoms with Crippen molar-refractivity contribution < 1.29 is 22.3 Å². The van der Waals surface area contributed by atoms with Gasteiger partial charge in [0.1, 0.15) is 11.6 Å². The van der Waals surface area contributed by atoms with Gasteiger partial charge in [-0.15, -0.1) is 13.2 Å². The van der Waals surface area contributed by atoms with Crippen LogP contribution in [0.15, 0.2) is 84.9 Å². The van der Waals surface area contributed by atoms with Crippen LogP contribution in [0.2, 0.25) is 0 Å². The summed E-state index contributed by atoms with van der Waals surface area (Å²) in [5.74, 6) is -0.462. The number of ether oxygens (including phenoxy) is 1. The van der Waals surface area contributed by atoms with Gasteiger partial charge in [-0.25, -0.2) is 4.39 Å². The van der Waals surface area contributed by atoms with E-state index in [1.165, 1.54) is 52.6 Å². The fourth-order valence-corrected chi connectivity index (χ4v) is 5.36. The summed E-state index contributed by atoms with van der Waals surface area (Å²) in [7, 11) is 0. The van der Waals surface area contributed by atoms with Crippen molar-refractivity contribution in [3.05, 3.63) is 113 Å². The summed E-state index contributed by atoms with van der Waals surface area (Å²) in [5.41, 5.74) is 20.4. The van der Waals surface area contributed by atoms with Crippen LogP contribution in [0.4, 0.5) is 40.3 Å². The highest BCUT2D eigenvalue weighted by Crippen LogP contribution is 2.29. The van der Waals surface area contributed by atoms with E-state index in [9.17, 15) is 17.6 Å². The van der Waals surface area contributed by atoms with Gasteiger partial charge in [0.05, 0.1) is 0 Å². The molecule has 220 valence electrons. The topological polar surface area (TPSA) is 85.3 Å². The molecule has 0 heterocycles. The Morgan fingerprint density at radius 3 is 1.67 bits per heavy atom. The molecule has 2 aliphatic rings. The average molecular weight is 579 g/mol. The predicted octanol–water partition coefficient (Wildman–Crippen LogP) is 7.53. The summed E-state index contributed by atoms with van der Waals surface area (Å²) in [6, 6.07) is 25.0. The molecule has 4 aromatic carbocycles. The summed E-state index contributed by atoms with van der Waals surface area (Å²) in [6.45, 7) is 0. The molecule has 0 radical (unpaired) electrons. The summed E-state index contributed by atoms with van der Waals surface area (Å²) in [5, 5.41) is 6.41. The maximum absolute atomic E-state index is 12.8. The van der Waals surface area contributed by atoms with E-state index in [0.29, 0.717) is 11.7 Å². The highest BCUT2D eigenvalue weighted by atomic mass is 19.4. The Morgan fingerprint density at radius 2 is 1.12 bits per heavy atom. The minimum absolute atomic E-state index is 0.206. The van der Waals surface area contributed by atoms with E-state index in [1.54, 1.807) is 18.2 Å². The number of nitrogens with two attached hydrogens (primary N) is 2. The third kappa shape index (κ3) is 8.24. The summed E-state index contributed by atoms with van der Waals surface area (Å²) < 4.78 is 53.6. The number of fused-ring (bicyclic) bond motifs is 2. The van der Waals surface area contributed by atoms with Crippen molar-refractivity contribution in [2.45, 2.75) is 57.0 Å². The van der Waals surface area contributed by atoms with E-state index in [-0.39, 0.29) is 17.6 Å². The second kappa shape index (κ2) is 12.8. The lowest BCUT2D eigenvalue weighted by Crippen LogP contribution is -2.27. The smallest absolute Gasteiger partial charge is 0.406 e. The number of rotatable bonds is 5. The monoisotopic (exact) mass is 578 g/mol. The van der Waals surface area contributed by atoms with Crippen molar-refractivity contribution in [3.63, 3.8) is 0 Å². The minimum Gasteiger partial charge on any atom is -0.406 e. The Morgan fingerprint density at radius 1 is 0.619 bits per heavy atom. The largest absolute Gasteiger partial charge is 0.573 e. The maximum atomic E-state index is 12.8. The molecule has 2 atom stereocenters. The van der Waals surface area contributed by atoms with Gasteiger partial charge < -0.3 is 26.8 Å². The fraction of sp³-hybridized carbons (Fsp3) is 0.273. The molecule has 9 heteroatoms. The van der Waals surface area contributed by atoms with Crippen LogP contribution in [0.3, 0.4) is 0 Å². The van der Waals surface area contributed by atoms with Crippen LogP contribution in [-0.4, -0.2) is 18.4 Å². The van der Waals surface area contributed by atoms with E-state index < -0.39 is 6.36 Å². The zero-order chi connectivity index (χ0) is 29.7. The first-order valence-electron chi connectivity index (χ1n) is 14.0. The van der Waals surface area contributed by atoms with Gasteiger partial charge in [0, 0.05) is 40.9 Å². The Bertz CT molecular complexity index is 1510. The molecule has 42 heavy (non-hydrogen) atoms. The Labute approximate surface area is 242 Å². The molecular weight excluding hydrogens is 544 g/mol. The van der Waals surface area contributed by atoms with Crippen molar-refractivity contribution in [2.75, 3.05) is 10.6 Å². The third-order valence-corrected chi connectivity index (χ3v) is 7.43. The Hall–Kier alpha value is -4.08. The van der Waals surface area contributed by atoms with Crippen molar-refractivity contribution in [2.24, 2.45) is 11.5 Å². The second-order valence-electron chi connectivity index (χ2n) is 10.8. The highest BCUT2D eigenvalue weighted by molar-refractivity contribution is 5.63. The van der Waals surface area contributed by atoms with E-state index in [4.69, 9.17) is 11.5 Å². The average Bonchev–Trinajstić information content (AvgIpc) is 2.94. The molecule has 0 saturated heterocycles. The first-order valence-corrected chi connectivity index (χ1v) is 14.0. The number of anilines is 4. The van der Waals surface area contributed by atoms with Gasteiger partial charge in [0.2, 0.25) is 0 Å². The van der Waals surface area contributed by atoms with Crippen molar-refractivity contribution >= 4 is 22.7 Å². The third-order valence-electron chi connectivity index (χ3n) is 7.43. The van der Waals surface area contributed by atoms with Crippen LogP contribution in [0.5, 0.6) is 5.75 Å². The number of aryl methyl sites for hydroxylation is 2. The molecule has 5 nitrogen and oxygen atoms in total. The number of benzene rings is 4. The zero-order valence-corrected chi connectivity index (χ0v) is 23.1. The molecule has 0 aliphatic heterocycles. The van der Waals surface area contributed by atoms with Crippen LogP contribution >= 0.6 is 0 Å². The first kappa shape index (κ1) is 29.4. The maximum Gasteiger partial charge on any atom is 0.573 e. The molecule has 0 amide bonds. The lowest BCUT2D eigenvalue weighted by Gasteiger charge is -2.22. The Kier molecular flexibility index (Phi) is 8.99. The molecule has 0 bridgehead atoms. The molecule has 6 rings (SSSR count). The number of alkyl halides is 3. The van der Waals surface area contributed by atoms with Crippen molar-refractivity contribution in [1.29, 1.82) is 0 Å². The summed E-state index contributed by atoms with van der Waals surface area (Å²) in [4.78, 5) is 0. The standard InChI is InChI=1S/C17H17F3N2O.C16H17FN2/c18-17(19,20)23-16-3-1-2-14(10-16)22-15-7-5-11-8-13(21)6-4-12(11)9-15;17-13-3-7-15(8-4-13)19-16-6-2-11-9-14(18)5-1-12(11)10-16/h1-3,5,7,9-10,13,22H,4,6,8,21H2;2-4,6-8,10,14,19H,1,5,9,18H2/t13-;14-/m00/s1. The molecule has 4 aromatic rings. The van der Waals surface area contributed by atoms with Crippen LogP contribution < -0.4 is 26.8 Å². The summed E-state index contributed by atoms with van der Waals surface area (Å²) in [6.07, 6.45) is 1.09. The normalized spacial score (nSPS) is 17.7. The van der Waals surface area contributed by atoms with E-state index in [1.807, 2.05) is 18.2 Å². The van der Waals surface area contributed by atoms with E-state index >= 15 is 0 Å². The molecule has 6 N–H and O–H groups in total. The van der Waals surface area contributed by atoms with Crippen LogP contribution in [0, 0.1) is 5.82 Å². The lowest BCUT2D eigenvalue weighted by molar-refractivity contribution is -0.274. The zero-order valence-electron chi connectivity index (χ0n) is 23.1. The molecule has 0 unspecified atom stereocenters. The SMILES string of the molecule is N[C@H]1CCc2cc(Nc3ccc(F)cc3)ccc2C1.N[C@H]1CCc2cc(Nc3cccc(OC(F)(F)F)c3)ccc2C1. The molecule has 2 aliphatic carbocycles. The van der Waals surface area contributed by atoms with Crippen molar-refractivity contribution in [1.82, 2.24) is 0 Å². The fourth-order valence-electron chi connectivity index (χ4n) is 5.36. The minimum atomic E-state index is -4.69. The van der Waals surface area contributed by atoms with Crippen LogP contribution in [0.1, 0.15) is 35.1 Å². The molecule has 0 fully saturated rings. The van der Waals surface area contributed by atoms with E-state index in [2.05, 4.69) is 33.6 Å². The second-order valence-corrected chi connectivity index (χ2v) is 10.8. The van der Waals surface area contributed by atoms with Crippen molar-refractivity contribution in [3.8, 4) is 5.75 Å². The highest BCUT2D eigenvalue weighted by Gasteiger charge is 2.31. The van der Waals surface area contributed by atoms with Gasteiger partial charge >= 0.3 is 6.36 Å². The number of nitrogens with one attached hydrogen (secondary N) is 2. The molecule has 0 saturated carbocycles. The van der Waals surface area contributed by atoms with E-state index in [0.717, 1.165) is 55.6 Å². The predicted molar refractivity (Wildman–Crippen MR) is 159 cm³/mol. The van der Waals surface area contributed by atoms with Gasteiger partial charge in [0.25, 0.3) is 0 Å². The van der Waals surface area contributed by atoms with Gasteiger partial charge in [-0.3, -0.25) is 0 Å². The first-order chi connectivity index (χ1) is 20.1. The number of hydrogen-bond acceptors (Lipinski definition) is 5. The quantitative estimate of drug-likeness (QED) is 0.184. The van der Waals surface area contributed by atoms with Crippen LogP contribution in [-0.2, 0) is 25.7 Å².